The number of nitrogens with zero attached hydrogens (tertiary/aromatic N) is 3. The van der Waals surface area contributed by atoms with Crippen molar-refractivity contribution in [3.8, 4) is 21.9 Å². The quantitative estimate of drug-likeness (QED) is 0.0484. The highest BCUT2D eigenvalue weighted by atomic mass is 35.5. The van der Waals surface area contributed by atoms with E-state index in [0.29, 0.717) is 27.8 Å². The van der Waals surface area contributed by atoms with Crippen LogP contribution in [0.4, 0.5) is 14.5 Å². The van der Waals surface area contributed by atoms with Gasteiger partial charge in [0.05, 0.1) is 59.2 Å². The van der Waals surface area contributed by atoms with Crippen LogP contribution in [-0.2, 0) is 35.2 Å². The highest BCUT2D eigenvalue weighted by molar-refractivity contribution is 7.13. The summed E-state index contributed by atoms with van der Waals surface area (Å²) in [6.07, 6.45) is 4.60. The Bertz CT molecular complexity index is 2840. The van der Waals surface area contributed by atoms with E-state index in [0.717, 1.165) is 58.3 Å². The second kappa shape index (κ2) is 24.5. The molecule has 3 heterocycles. The number of aliphatic hydroxyl groups excluding tert-OH is 1. The third kappa shape index (κ3) is 14.0. The highest BCUT2D eigenvalue weighted by Crippen LogP contribution is 2.42. The van der Waals surface area contributed by atoms with Gasteiger partial charge in [0.25, 0.3) is 5.91 Å². The zero-order valence-electron chi connectivity index (χ0n) is 43.1. The Kier molecular flexibility index (Phi) is 18.1. The van der Waals surface area contributed by atoms with E-state index in [1.165, 1.54) is 22.3 Å². The zero-order valence-corrected chi connectivity index (χ0v) is 44.7. The molecule has 2 aliphatic carbocycles. The molecule has 19 heteroatoms. The molecule has 8 rings (SSSR count). The Labute approximate surface area is 445 Å². The number of likely N-dealkylation sites (tertiary alicyclic amines) is 1. The lowest BCUT2D eigenvalue weighted by molar-refractivity contribution is -0.145. The van der Waals surface area contributed by atoms with E-state index in [-0.39, 0.29) is 101 Å². The molecule has 0 bridgehead atoms. The number of carbonyl (C=O) groups excluding carboxylic acids is 4. The van der Waals surface area contributed by atoms with Crippen molar-refractivity contribution in [2.24, 2.45) is 17.3 Å². The van der Waals surface area contributed by atoms with Gasteiger partial charge in [0.1, 0.15) is 42.6 Å². The van der Waals surface area contributed by atoms with Crippen molar-refractivity contribution in [3.63, 3.8) is 0 Å². The fraction of sp³-hybridized carbons (Fsp3) is 0.500. The molecule has 3 aliphatic rings. The molecule has 75 heavy (non-hydrogen) atoms. The lowest BCUT2D eigenvalue weighted by Crippen LogP contribution is -2.59. The molecule has 402 valence electrons. The lowest BCUT2D eigenvalue weighted by atomic mass is 9.73. The number of β-amino-alcohol motifs (C(OH)–C–C–N with tert-alkyl or cyclic N) is 1. The number of aromatic nitrogens is 2. The van der Waals surface area contributed by atoms with Crippen molar-refractivity contribution in [1.29, 1.82) is 0 Å². The number of rotatable bonds is 22. The van der Waals surface area contributed by atoms with Crippen LogP contribution in [0.5, 0.6) is 11.5 Å². The molecule has 0 spiro atoms. The van der Waals surface area contributed by atoms with Crippen LogP contribution in [0.1, 0.15) is 95.4 Å². The van der Waals surface area contributed by atoms with Crippen LogP contribution in [-0.4, -0.2) is 114 Å². The number of fused-ring (bicyclic) bond motifs is 1. The molecule has 3 fully saturated rings. The van der Waals surface area contributed by atoms with Gasteiger partial charge in [0.2, 0.25) is 17.7 Å². The van der Waals surface area contributed by atoms with Crippen molar-refractivity contribution in [3.05, 3.63) is 100 Å². The molecular formula is C56H67ClF2N6O9S. The fourth-order valence-corrected chi connectivity index (χ4v) is 10.9. The van der Waals surface area contributed by atoms with Gasteiger partial charge in [-0.1, -0.05) is 51.4 Å². The fourth-order valence-electron chi connectivity index (χ4n) is 9.90. The number of ether oxygens (including phenoxy) is 4. The summed E-state index contributed by atoms with van der Waals surface area (Å²) < 4.78 is 52.5. The van der Waals surface area contributed by atoms with Crippen molar-refractivity contribution in [2.45, 2.75) is 116 Å². The predicted molar refractivity (Wildman–Crippen MR) is 283 cm³/mol. The largest absolute Gasteiger partial charge is 0.491 e. The van der Waals surface area contributed by atoms with Crippen LogP contribution in [0.15, 0.2) is 72.4 Å². The molecule has 5 aromatic rings. The van der Waals surface area contributed by atoms with Crippen molar-refractivity contribution in [1.82, 2.24) is 25.5 Å². The maximum absolute atomic E-state index is 14.7. The van der Waals surface area contributed by atoms with Gasteiger partial charge in [-0.05, 0) is 116 Å². The molecular weight excluding hydrogens is 1010 g/mol. The molecule has 1 aliphatic heterocycles. The van der Waals surface area contributed by atoms with Gasteiger partial charge >= 0.3 is 0 Å². The van der Waals surface area contributed by atoms with E-state index in [9.17, 15) is 33.1 Å². The molecule has 0 radical (unpaired) electrons. The number of pyridine rings is 1. The Morgan fingerprint density at radius 2 is 1.61 bits per heavy atom. The van der Waals surface area contributed by atoms with Crippen LogP contribution in [0.25, 0.3) is 21.3 Å². The Balaban J connectivity index is 0.760. The summed E-state index contributed by atoms with van der Waals surface area (Å²) in [6, 6.07) is 15.4. The average Bonchev–Trinajstić information content (AvgIpc) is 3.80. The normalized spacial score (nSPS) is 20.0. The van der Waals surface area contributed by atoms with Gasteiger partial charge in [0, 0.05) is 54.3 Å². The second-order valence-electron chi connectivity index (χ2n) is 21.0. The van der Waals surface area contributed by atoms with E-state index in [2.05, 4.69) is 25.9 Å². The molecule has 15 nitrogen and oxygen atoms in total. The Hall–Kier alpha value is -5.79. The van der Waals surface area contributed by atoms with Crippen molar-refractivity contribution >= 4 is 63.2 Å². The number of hydrogen-bond acceptors (Lipinski definition) is 12. The highest BCUT2D eigenvalue weighted by Gasteiger charge is 2.53. The van der Waals surface area contributed by atoms with Gasteiger partial charge in [-0.2, -0.15) is 0 Å². The maximum Gasteiger partial charge on any atom is 0.258 e. The molecule has 1 saturated heterocycles. The SMILES string of the molecule is Cc1ncsc1-c1ccc(CNC(=O)[C@@H]2C[C@@H](O)CN2C(=O)[C@@H](NC(=O)C2(F)CC2)C(C)(C)C)c(OCCOCCOCCOc2cc(NC(=O)[C@H](C)C3CCC(c4ccnc5ccc(F)cc45)CC3)ccc2Cl)c1. The van der Waals surface area contributed by atoms with E-state index in [1.54, 1.807) is 62.8 Å². The number of benzene rings is 3. The molecule has 4 amide bonds. The summed E-state index contributed by atoms with van der Waals surface area (Å²) in [5, 5.41) is 20.4. The molecule has 4 atom stereocenters. The third-order valence-electron chi connectivity index (χ3n) is 14.5. The van der Waals surface area contributed by atoms with Gasteiger partial charge in [-0.25, -0.2) is 13.8 Å². The van der Waals surface area contributed by atoms with Crippen LogP contribution < -0.4 is 25.4 Å². The first-order valence-corrected chi connectivity index (χ1v) is 27.0. The maximum atomic E-state index is 14.7. The Morgan fingerprint density at radius 1 is 0.907 bits per heavy atom. The molecule has 0 unspecified atom stereocenters. The van der Waals surface area contributed by atoms with E-state index in [4.69, 9.17) is 30.5 Å². The van der Waals surface area contributed by atoms with E-state index < -0.39 is 47.0 Å². The van der Waals surface area contributed by atoms with Crippen molar-refractivity contribution < 1.29 is 52.0 Å². The molecule has 4 N–H and O–H groups in total. The van der Waals surface area contributed by atoms with Gasteiger partial charge in [-0.15, -0.1) is 11.3 Å². The number of carbonyl (C=O) groups is 4. The number of halogens is 3. The smallest absolute Gasteiger partial charge is 0.258 e. The molecule has 2 aromatic heterocycles. The lowest BCUT2D eigenvalue weighted by Gasteiger charge is -2.35. The number of hydrogen-bond donors (Lipinski definition) is 4. The summed E-state index contributed by atoms with van der Waals surface area (Å²) in [5.74, 6) is -1.03. The van der Waals surface area contributed by atoms with Gasteiger partial charge in [-0.3, -0.25) is 24.2 Å². The van der Waals surface area contributed by atoms with Gasteiger partial charge < -0.3 is 44.9 Å². The number of aliphatic hydroxyl groups is 1. The minimum absolute atomic E-state index is 0.00203. The van der Waals surface area contributed by atoms with Crippen LogP contribution in [0, 0.1) is 30.0 Å². The minimum Gasteiger partial charge on any atom is -0.491 e. The second-order valence-corrected chi connectivity index (χ2v) is 22.2. The third-order valence-corrected chi connectivity index (χ3v) is 15.8. The topological polar surface area (TPSA) is 191 Å². The zero-order chi connectivity index (χ0) is 53.4. The monoisotopic (exact) mass is 1070 g/mol. The number of aryl methyl sites for hydroxylation is 1. The van der Waals surface area contributed by atoms with Crippen molar-refractivity contribution in [2.75, 3.05) is 51.5 Å². The average molecular weight is 1070 g/mol. The number of nitrogens with one attached hydrogen (secondary N) is 3. The standard InChI is InChI=1S/C56H67ClF2N6O9S/c1-33(35-6-8-36(9-7-35)42-16-19-60-45-15-12-39(58)27-43(42)45)51(67)63-40-13-14-44(57)48(28-40)74-25-23-72-21-20-71-22-24-73-47-26-37(49-34(2)62-32-75-49)10-11-38(47)30-61-52(68)46-29-41(66)31-65(46)53(69)50(55(3,4)5)64-54(70)56(59)17-18-56/h10-16,19,26-28,32-33,35-36,41,46,50,66H,6-9,17-18,20-25,29-31H2,1-5H3,(H,61,68)(H,63,67)(H,64,70)/t33-,35?,36?,41-,46+,50-/m1/s1. The summed E-state index contributed by atoms with van der Waals surface area (Å²) in [5.41, 5.74) is 3.88. The molecule has 3 aromatic carbocycles. The van der Waals surface area contributed by atoms with Crippen LogP contribution in [0.3, 0.4) is 0 Å². The first-order valence-electron chi connectivity index (χ1n) is 25.7. The summed E-state index contributed by atoms with van der Waals surface area (Å²) in [4.78, 5) is 64.9. The Morgan fingerprint density at radius 3 is 2.29 bits per heavy atom. The number of amides is 4. The summed E-state index contributed by atoms with van der Waals surface area (Å²) in [6.45, 7) is 10.5. The van der Waals surface area contributed by atoms with Gasteiger partial charge in [0.15, 0.2) is 5.67 Å². The molecule has 2 saturated carbocycles. The van der Waals surface area contributed by atoms with E-state index in [1.807, 2.05) is 38.1 Å². The summed E-state index contributed by atoms with van der Waals surface area (Å²) in [7, 11) is 0. The first kappa shape index (κ1) is 55.4. The first-order chi connectivity index (χ1) is 35.9. The van der Waals surface area contributed by atoms with E-state index >= 15 is 0 Å². The minimum atomic E-state index is -1.99. The number of anilines is 1. The summed E-state index contributed by atoms with van der Waals surface area (Å²) >= 11 is 7.96. The van der Waals surface area contributed by atoms with Crippen LogP contribution in [0.2, 0.25) is 5.02 Å². The van der Waals surface area contributed by atoms with Crippen LogP contribution >= 0.6 is 22.9 Å². The predicted octanol–water partition coefficient (Wildman–Crippen LogP) is 9.11. The number of alkyl halides is 1. The number of thiazole rings is 1.